The van der Waals surface area contributed by atoms with E-state index in [0.29, 0.717) is 6.61 Å². The summed E-state index contributed by atoms with van der Waals surface area (Å²) in [6.07, 6.45) is 4.23. The first kappa shape index (κ1) is 14.6. The summed E-state index contributed by atoms with van der Waals surface area (Å²) in [5.74, 6) is 0. The molecular formula is C21H20O. The van der Waals surface area contributed by atoms with Gasteiger partial charge in [-0.3, -0.25) is 0 Å². The van der Waals surface area contributed by atoms with Crippen LogP contribution in [0.2, 0.25) is 0 Å². The molecule has 0 aromatic heterocycles. The average molecular weight is 288 g/mol. The van der Waals surface area contributed by atoms with Gasteiger partial charge in [-0.25, -0.2) is 0 Å². The van der Waals surface area contributed by atoms with Crippen molar-refractivity contribution in [2.45, 2.75) is 13.0 Å². The smallest absolute Gasteiger partial charge is 0.0807 e. The van der Waals surface area contributed by atoms with E-state index < -0.39 is 0 Å². The summed E-state index contributed by atoms with van der Waals surface area (Å²) in [6, 6.07) is 25.1. The van der Waals surface area contributed by atoms with E-state index in [4.69, 9.17) is 4.74 Å². The lowest BCUT2D eigenvalue weighted by molar-refractivity contribution is 0.0900. The van der Waals surface area contributed by atoms with Crippen LogP contribution in [-0.2, 0) is 4.74 Å². The van der Waals surface area contributed by atoms with Crippen molar-refractivity contribution in [2.75, 3.05) is 6.61 Å². The lowest BCUT2D eigenvalue weighted by Crippen LogP contribution is -2.00. The van der Waals surface area contributed by atoms with Gasteiger partial charge in [0.15, 0.2) is 0 Å². The van der Waals surface area contributed by atoms with Crippen LogP contribution in [0.5, 0.6) is 0 Å². The molecule has 0 saturated carbocycles. The van der Waals surface area contributed by atoms with Gasteiger partial charge in [-0.1, -0.05) is 84.9 Å². The van der Waals surface area contributed by atoms with E-state index in [-0.39, 0.29) is 6.10 Å². The molecule has 0 N–H and O–H groups in total. The van der Waals surface area contributed by atoms with Crippen LogP contribution in [0.1, 0.15) is 24.2 Å². The zero-order valence-electron chi connectivity index (χ0n) is 12.8. The van der Waals surface area contributed by atoms with E-state index in [2.05, 4.69) is 73.7 Å². The minimum Gasteiger partial charge on any atom is -0.370 e. The maximum Gasteiger partial charge on any atom is 0.0807 e. The third kappa shape index (κ3) is 3.44. The van der Waals surface area contributed by atoms with Crippen molar-refractivity contribution < 1.29 is 4.74 Å². The first-order valence-electron chi connectivity index (χ1n) is 7.65. The third-order valence-electron chi connectivity index (χ3n) is 3.81. The van der Waals surface area contributed by atoms with Gasteiger partial charge < -0.3 is 4.74 Å². The summed E-state index contributed by atoms with van der Waals surface area (Å²) in [7, 11) is 0. The Bertz CT molecular complexity index is 754. The molecule has 3 aromatic rings. The highest BCUT2D eigenvalue weighted by Crippen LogP contribution is 2.26. The molecule has 0 bridgehead atoms. The van der Waals surface area contributed by atoms with E-state index in [1.165, 1.54) is 21.9 Å². The van der Waals surface area contributed by atoms with Gasteiger partial charge in [0.05, 0.1) is 12.7 Å². The molecule has 0 amide bonds. The largest absolute Gasteiger partial charge is 0.370 e. The molecule has 0 aliphatic rings. The van der Waals surface area contributed by atoms with Crippen molar-refractivity contribution >= 4 is 16.8 Å². The number of rotatable bonds is 5. The van der Waals surface area contributed by atoms with E-state index in [1.54, 1.807) is 0 Å². The zero-order valence-corrected chi connectivity index (χ0v) is 12.8. The average Bonchev–Trinajstić information content (AvgIpc) is 2.59. The predicted octanol–water partition coefficient (Wildman–Crippen LogP) is 5.63. The third-order valence-corrected chi connectivity index (χ3v) is 3.81. The van der Waals surface area contributed by atoms with Crippen LogP contribution >= 0.6 is 0 Å². The van der Waals surface area contributed by atoms with Crippen molar-refractivity contribution in [3.05, 3.63) is 90.0 Å². The summed E-state index contributed by atoms with van der Waals surface area (Å²) in [6.45, 7) is 2.72. The second-order valence-electron chi connectivity index (χ2n) is 5.36. The first-order chi connectivity index (χ1) is 10.8. The Morgan fingerprint density at radius 1 is 0.864 bits per heavy atom. The summed E-state index contributed by atoms with van der Waals surface area (Å²) in [5, 5.41) is 2.53. The maximum absolute atomic E-state index is 5.97. The fourth-order valence-corrected chi connectivity index (χ4v) is 2.64. The Morgan fingerprint density at radius 3 is 2.45 bits per heavy atom. The Kier molecular flexibility index (Phi) is 4.67. The zero-order chi connectivity index (χ0) is 15.2. The van der Waals surface area contributed by atoms with Crippen LogP contribution in [0.4, 0.5) is 0 Å². The highest BCUT2D eigenvalue weighted by atomic mass is 16.5. The van der Waals surface area contributed by atoms with Gasteiger partial charge in [0, 0.05) is 0 Å². The molecule has 1 unspecified atom stereocenters. The van der Waals surface area contributed by atoms with Crippen molar-refractivity contribution in [1.82, 2.24) is 0 Å². The van der Waals surface area contributed by atoms with Gasteiger partial charge in [0.2, 0.25) is 0 Å². The quantitative estimate of drug-likeness (QED) is 0.591. The van der Waals surface area contributed by atoms with Crippen molar-refractivity contribution in [3.8, 4) is 0 Å². The van der Waals surface area contributed by atoms with E-state index in [1.807, 2.05) is 18.2 Å². The molecule has 0 aliphatic heterocycles. The topological polar surface area (TPSA) is 9.23 Å². The van der Waals surface area contributed by atoms with Crippen LogP contribution in [0, 0.1) is 0 Å². The highest BCUT2D eigenvalue weighted by molar-refractivity contribution is 5.85. The van der Waals surface area contributed by atoms with E-state index >= 15 is 0 Å². The lowest BCUT2D eigenvalue weighted by atomic mass is 10.0. The Hall–Kier alpha value is -2.38. The summed E-state index contributed by atoms with van der Waals surface area (Å²) in [5.41, 5.74) is 2.44. The van der Waals surface area contributed by atoms with Crippen LogP contribution in [-0.4, -0.2) is 6.61 Å². The molecule has 0 radical (unpaired) electrons. The Labute approximate surface area is 131 Å². The minimum absolute atomic E-state index is 0.0755. The number of benzene rings is 3. The van der Waals surface area contributed by atoms with Crippen molar-refractivity contribution in [3.63, 3.8) is 0 Å². The predicted molar refractivity (Wildman–Crippen MR) is 93.8 cm³/mol. The molecule has 1 nitrogen and oxygen atoms in total. The Morgan fingerprint density at radius 2 is 1.59 bits per heavy atom. The van der Waals surface area contributed by atoms with Gasteiger partial charge in [0.25, 0.3) is 0 Å². The highest BCUT2D eigenvalue weighted by Gasteiger charge is 2.08. The molecule has 0 fully saturated rings. The van der Waals surface area contributed by atoms with Crippen LogP contribution in [0.25, 0.3) is 16.8 Å². The summed E-state index contributed by atoms with van der Waals surface area (Å²) in [4.78, 5) is 0. The number of hydrogen-bond acceptors (Lipinski definition) is 1. The second-order valence-corrected chi connectivity index (χ2v) is 5.36. The molecule has 0 spiro atoms. The van der Waals surface area contributed by atoms with Crippen LogP contribution in [0.3, 0.4) is 0 Å². The fourth-order valence-electron chi connectivity index (χ4n) is 2.64. The van der Waals surface area contributed by atoms with Gasteiger partial charge in [0.1, 0.15) is 0 Å². The molecule has 0 saturated heterocycles. The Balaban J connectivity index is 1.66. The fraction of sp³-hybridized carbons (Fsp3) is 0.143. The molecule has 0 aliphatic carbocycles. The number of hydrogen-bond donors (Lipinski definition) is 0. The second kappa shape index (κ2) is 7.06. The van der Waals surface area contributed by atoms with Gasteiger partial charge >= 0.3 is 0 Å². The van der Waals surface area contributed by atoms with Crippen molar-refractivity contribution in [1.29, 1.82) is 0 Å². The normalized spacial score (nSPS) is 12.8. The molecule has 1 heteroatoms. The SMILES string of the molecule is CC(OCC=Cc1ccccc1)c1cccc2ccccc12. The molecule has 110 valence electrons. The summed E-state index contributed by atoms with van der Waals surface area (Å²) < 4.78 is 5.97. The number of ether oxygens (including phenoxy) is 1. The van der Waals surface area contributed by atoms with E-state index in [9.17, 15) is 0 Å². The van der Waals surface area contributed by atoms with Gasteiger partial charge in [-0.2, -0.15) is 0 Å². The molecule has 1 atom stereocenters. The monoisotopic (exact) mass is 288 g/mol. The molecule has 22 heavy (non-hydrogen) atoms. The molecule has 0 heterocycles. The van der Waals surface area contributed by atoms with E-state index in [0.717, 1.165) is 0 Å². The maximum atomic E-state index is 5.97. The number of fused-ring (bicyclic) bond motifs is 1. The van der Waals surface area contributed by atoms with Crippen LogP contribution in [0.15, 0.2) is 78.9 Å². The van der Waals surface area contributed by atoms with Crippen molar-refractivity contribution in [2.24, 2.45) is 0 Å². The standard InChI is InChI=1S/C21H20O/c1-17(22-16-8-11-18-9-3-2-4-10-18)20-15-7-13-19-12-5-6-14-21(19)20/h2-15,17H,16H2,1H3. The van der Waals surface area contributed by atoms with Gasteiger partial charge in [-0.05, 0) is 28.8 Å². The van der Waals surface area contributed by atoms with Crippen LogP contribution < -0.4 is 0 Å². The lowest BCUT2D eigenvalue weighted by Gasteiger charge is -2.14. The molecule has 3 rings (SSSR count). The molecule has 3 aromatic carbocycles. The summed E-state index contributed by atoms with van der Waals surface area (Å²) >= 11 is 0. The van der Waals surface area contributed by atoms with Gasteiger partial charge in [-0.15, -0.1) is 0 Å². The first-order valence-corrected chi connectivity index (χ1v) is 7.65. The molecular weight excluding hydrogens is 268 g/mol. The minimum atomic E-state index is 0.0755.